The molecule has 0 spiro atoms. The summed E-state index contributed by atoms with van der Waals surface area (Å²) < 4.78 is 28.3. The molecule has 1 atom stereocenters. The maximum atomic E-state index is 13.8. The molecule has 2 aromatic rings. The van der Waals surface area contributed by atoms with Crippen molar-refractivity contribution in [1.82, 2.24) is 0 Å². The number of hydrogen-bond donors (Lipinski definition) is 1. The Morgan fingerprint density at radius 2 is 1.72 bits per heavy atom. The van der Waals surface area contributed by atoms with Crippen molar-refractivity contribution in [1.29, 1.82) is 0 Å². The van der Waals surface area contributed by atoms with Gasteiger partial charge in [-0.1, -0.05) is 18.2 Å². The van der Waals surface area contributed by atoms with E-state index in [1.807, 2.05) is 24.3 Å². The van der Waals surface area contributed by atoms with Crippen LogP contribution >= 0.6 is 38.5 Å². The number of nitrogens with two attached hydrogens (primary N) is 1. The van der Waals surface area contributed by atoms with Gasteiger partial charge in [-0.3, -0.25) is 0 Å². The minimum atomic E-state index is -0.680. The predicted molar refractivity (Wildman–Crippen MR) is 79.2 cm³/mol. The Hall–Kier alpha value is -0.530. The van der Waals surface area contributed by atoms with Gasteiger partial charge in [0.2, 0.25) is 0 Å². The largest absolute Gasteiger partial charge is 0.320 e. The molecule has 2 N–H and O–H groups in total. The molecule has 0 saturated carbocycles. The molecule has 1 unspecified atom stereocenters. The molecule has 2 aromatic carbocycles. The van der Waals surface area contributed by atoms with Crippen LogP contribution in [0.4, 0.5) is 8.78 Å². The van der Waals surface area contributed by atoms with Gasteiger partial charge in [-0.25, -0.2) is 8.78 Å². The molecule has 18 heavy (non-hydrogen) atoms. The minimum Gasteiger partial charge on any atom is -0.320 e. The third kappa shape index (κ3) is 2.73. The molecular weight excluding hydrogens is 415 g/mol. The molecule has 0 heterocycles. The van der Waals surface area contributed by atoms with Crippen LogP contribution in [0.25, 0.3) is 0 Å². The van der Waals surface area contributed by atoms with Crippen molar-refractivity contribution >= 4 is 38.5 Å². The first-order chi connectivity index (χ1) is 8.50. The topological polar surface area (TPSA) is 26.0 Å². The van der Waals surface area contributed by atoms with Crippen molar-refractivity contribution in [2.45, 2.75) is 6.04 Å². The van der Waals surface area contributed by atoms with Crippen LogP contribution in [0.1, 0.15) is 17.2 Å². The van der Waals surface area contributed by atoms with E-state index in [1.54, 1.807) is 0 Å². The number of hydrogen-bond acceptors (Lipinski definition) is 1. The molecule has 5 heteroatoms. The highest BCUT2D eigenvalue weighted by Gasteiger charge is 2.18. The van der Waals surface area contributed by atoms with Gasteiger partial charge in [0.1, 0.15) is 11.6 Å². The summed E-state index contributed by atoms with van der Waals surface area (Å²) >= 11 is 5.07. The van der Waals surface area contributed by atoms with E-state index in [4.69, 9.17) is 5.73 Å². The summed E-state index contributed by atoms with van der Waals surface area (Å²) in [5.41, 5.74) is 6.94. The second-order valence-electron chi connectivity index (χ2n) is 3.79. The van der Waals surface area contributed by atoms with Crippen LogP contribution in [-0.4, -0.2) is 0 Å². The Labute approximate surface area is 126 Å². The van der Waals surface area contributed by atoms with E-state index in [0.717, 1.165) is 21.3 Å². The SMILES string of the molecule is NC(c1cc(F)c(Br)cc1F)c1ccccc1I. The van der Waals surface area contributed by atoms with E-state index in [2.05, 4.69) is 38.5 Å². The van der Waals surface area contributed by atoms with Crippen LogP contribution in [-0.2, 0) is 0 Å². The molecular formula is C13H9BrF2IN. The van der Waals surface area contributed by atoms with Crippen LogP contribution in [0.3, 0.4) is 0 Å². The fraction of sp³-hybridized carbons (Fsp3) is 0.0769. The van der Waals surface area contributed by atoms with Crippen molar-refractivity contribution in [2.24, 2.45) is 5.73 Å². The second kappa shape index (κ2) is 5.63. The van der Waals surface area contributed by atoms with Gasteiger partial charge < -0.3 is 5.73 Å². The smallest absolute Gasteiger partial charge is 0.137 e. The Kier molecular flexibility index (Phi) is 4.34. The quantitative estimate of drug-likeness (QED) is 0.563. The molecule has 0 amide bonds. The average Bonchev–Trinajstić information content (AvgIpc) is 2.33. The van der Waals surface area contributed by atoms with Crippen molar-refractivity contribution in [3.63, 3.8) is 0 Å². The first-order valence-electron chi connectivity index (χ1n) is 5.15. The lowest BCUT2D eigenvalue weighted by atomic mass is 9.99. The molecule has 0 radical (unpaired) electrons. The zero-order valence-electron chi connectivity index (χ0n) is 9.13. The van der Waals surface area contributed by atoms with E-state index in [1.165, 1.54) is 0 Å². The van der Waals surface area contributed by atoms with Crippen LogP contribution in [0.15, 0.2) is 40.9 Å². The highest BCUT2D eigenvalue weighted by atomic mass is 127. The van der Waals surface area contributed by atoms with Crippen molar-refractivity contribution in [2.75, 3.05) is 0 Å². The second-order valence-corrected chi connectivity index (χ2v) is 5.80. The number of rotatable bonds is 2. The van der Waals surface area contributed by atoms with Crippen LogP contribution < -0.4 is 5.73 Å². The maximum absolute atomic E-state index is 13.8. The summed E-state index contributed by atoms with van der Waals surface area (Å²) in [6, 6.07) is 8.93. The first kappa shape index (κ1) is 13.9. The fourth-order valence-corrected chi connectivity index (χ4v) is 2.71. The zero-order chi connectivity index (χ0) is 13.3. The Bertz CT molecular complexity index is 589. The lowest BCUT2D eigenvalue weighted by molar-refractivity contribution is 0.572. The van der Waals surface area contributed by atoms with E-state index in [9.17, 15) is 8.78 Å². The minimum absolute atomic E-state index is 0.0960. The van der Waals surface area contributed by atoms with Gasteiger partial charge in [0.05, 0.1) is 10.5 Å². The molecule has 0 fully saturated rings. The fourth-order valence-electron chi connectivity index (χ4n) is 1.67. The summed E-state index contributed by atoms with van der Waals surface area (Å²) in [6.07, 6.45) is 0. The maximum Gasteiger partial charge on any atom is 0.137 e. The van der Waals surface area contributed by atoms with Gasteiger partial charge in [-0.2, -0.15) is 0 Å². The molecule has 0 saturated heterocycles. The van der Waals surface area contributed by atoms with Crippen molar-refractivity contribution in [3.8, 4) is 0 Å². The Morgan fingerprint density at radius 3 is 2.39 bits per heavy atom. The van der Waals surface area contributed by atoms with E-state index in [0.29, 0.717) is 0 Å². The van der Waals surface area contributed by atoms with E-state index in [-0.39, 0.29) is 10.0 Å². The molecule has 0 aliphatic rings. The normalized spacial score (nSPS) is 12.5. The van der Waals surface area contributed by atoms with Crippen LogP contribution in [0.2, 0.25) is 0 Å². The first-order valence-corrected chi connectivity index (χ1v) is 7.02. The number of benzene rings is 2. The summed E-state index contributed by atoms with van der Waals surface area (Å²) in [5.74, 6) is -1.04. The summed E-state index contributed by atoms with van der Waals surface area (Å²) in [7, 11) is 0. The standard InChI is InChI=1S/C13H9BrF2IN/c14-9-6-10(15)8(5-11(9)16)13(18)7-3-1-2-4-12(7)17/h1-6,13H,18H2. The lowest BCUT2D eigenvalue weighted by Gasteiger charge is -2.15. The van der Waals surface area contributed by atoms with Gasteiger partial charge in [0.15, 0.2) is 0 Å². The van der Waals surface area contributed by atoms with E-state index < -0.39 is 17.7 Å². The molecule has 94 valence electrons. The van der Waals surface area contributed by atoms with Crippen LogP contribution in [0.5, 0.6) is 0 Å². The molecule has 0 aromatic heterocycles. The Morgan fingerprint density at radius 1 is 1.06 bits per heavy atom. The van der Waals surface area contributed by atoms with Gasteiger partial charge in [-0.15, -0.1) is 0 Å². The van der Waals surface area contributed by atoms with Crippen LogP contribution in [0, 0.1) is 15.2 Å². The summed E-state index contributed by atoms with van der Waals surface area (Å²) in [4.78, 5) is 0. The monoisotopic (exact) mass is 423 g/mol. The highest BCUT2D eigenvalue weighted by molar-refractivity contribution is 14.1. The molecule has 0 aliphatic carbocycles. The van der Waals surface area contributed by atoms with Crippen molar-refractivity contribution < 1.29 is 8.78 Å². The molecule has 0 aliphatic heterocycles. The average molecular weight is 424 g/mol. The number of halogens is 4. The highest BCUT2D eigenvalue weighted by Crippen LogP contribution is 2.29. The van der Waals surface area contributed by atoms with Gasteiger partial charge in [0, 0.05) is 9.13 Å². The third-order valence-corrected chi connectivity index (χ3v) is 4.21. The van der Waals surface area contributed by atoms with E-state index >= 15 is 0 Å². The zero-order valence-corrected chi connectivity index (χ0v) is 12.9. The third-order valence-electron chi connectivity index (χ3n) is 2.61. The van der Waals surface area contributed by atoms with Gasteiger partial charge >= 0.3 is 0 Å². The Balaban J connectivity index is 2.50. The lowest BCUT2D eigenvalue weighted by Crippen LogP contribution is -2.15. The predicted octanol–water partition coefficient (Wildman–Crippen LogP) is 4.38. The molecule has 2 rings (SSSR count). The van der Waals surface area contributed by atoms with Gasteiger partial charge in [-0.05, 0) is 62.3 Å². The summed E-state index contributed by atoms with van der Waals surface area (Å²) in [5, 5.41) is 0. The molecule has 1 nitrogen and oxygen atoms in total. The summed E-state index contributed by atoms with van der Waals surface area (Å²) in [6.45, 7) is 0. The van der Waals surface area contributed by atoms with Crippen molar-refractivity contribution in [3.05, 3.63) is 67.2 Å². The molecule has 0 bridgehead atoms. The van der Waals surface area contributed by atoms with Gasteiger partial charge in [0.25, 0.3) is 0 Å².